The molecule has 0 aliphatic carbocycles. The Labute approximate surface area is 145 Å². The topological polar surface area (TPSA) is 66.6 Å². The van der Waals surface area contributed by atoms with E-state index in [1.54, 1.807) is 4.52 Å². The van der Waals surface area contributed by atoms with Crippen molar-refractivity contribution < 1.29 is 4.79 Å². The van der Waals surface area contributed by atoms with Crippen LogP contribution in [-0.2, 0) is 4.79 Å². The SMILES string of the molecule is Cc1nnc2ccc(N3CCC(C(=O)N4CCSCC4)CC3)nn12. The Morgan fingerprint density at radius 3 is 2.62 bits per heavy atom. The van der Waals surface area contributed by atoms with Gasteiger partial charge in [-0.15, -0.1) is 15.3 Å². The highest BCUT2D eigenvalue weighted by Gasteiger charge is 2.29. The number of rotatable bonds is 2. The molecule has 0 bridgehead atoms. The van der Waals surface area contributed by atoms with Crippen molar-refractivity contribution in [1.82, 2.24) is 24.7 Å². The summed E-state index contributed by atoms with van der Waals surface area (Å²) in [4.78, 5) is 17.0. The molecule has 0 aromatic carbocycles. The number of aryl methyl sites for hydroxylation is 1. The summed E-state index contributed by atoms with van der Waals surface area (Å²) >= 11 is 1.94. The molecular weight excluding hydrogens is 324 g/mol. The van der Waals surface area contributed by atoms with Gasteiger partial charge in [0.2, 0.25) is 5.91 Å². The second-order valence-electron chi connectivity index (χ2n) is 6.41. The van der Waals surface area contributed by atoms with E-state index in [1.165, 1.54) is 0 Å². The van der Waals surface area contributed by atoms with Gasteiger partial charge in [-0.1, -0.05) is 0 Å². The van der Waals surface area contributed by atoms with E-state index in [-0.39, 0.29) is 5.92 Å². The Morgan fingerprint density at radius 1 is 1.12 bits per heavy atom. The minimum absolute atomic E-state index is 0.171. The molecule has 24 heavy (non-hydrogen) atoms. The maximum absolute atomic E-state index is 12.6. The normalized spacial score (nSPS) is 19.9. The van der Waals surface area contributed by atoms with E-state index in [2.05, 4.69) is 25.1 Å². The Balaban J connectivity index is 1.41. The first-order chi connectivity index (χ1) is 11.7. The monoisotopic (exact) mass is 346 g/mol. The summed E-state index contributed by atoms with van der Waals surface area (Å²) in [5, 5.41) is 12.8. The van der Waals surface area contributed by atoms with Crippen LogP contribution in [0.2, 0.25) is 0 Å². The van der Waals surface area contributed by atoms with Crippen molar-refractivity contribution in [1.29, 1.82) is 0 Å². The largest absolute Gasteiger partial charge is 0.355 e. The standard InChI is InChI=1S/C16H22N6OS/c1-12-17-18-14-2-3-15(19-22(12)14)20-6-4-13(5-7-20)16(23)21-8-10-24-11-9-21/h2-3,13H,4-11H2,1H3. The van der Waals surface area contributed by atoms with Gasteiger partial charge in [0.05, 0.1) is 0 Å². The summed E-state index contributed by atoms with van der Waals surface area (Å²) in [5.41, 5.74) is 0.768. The lowest BCUT2D eigenvalue weighted by atomic mass is 9.95. The van der Waals surface area contributed by atoms with Crippen LogP contribution in [0.5, 0.6) is 0 Å². The average Bonchev–Trinajstić information content (AvgIpc) is 3.02. The number of amides is 1. The lowest BCUT2D eigenvalue weighted by Crippen LogP contribution is -2.45. The number of fused-ring (bicyclic) bond motifs is 1. The second kappa shape index (κ2) is 6.58. The molecule has 0 spiro atoms. The van der Waals surface area contributed by atoms with Gasteiger partial charge >= 0.3 is 0 Å². The summed E-state index contributed by atoms with van der Waals surface area (Å²) < 4.78 is 1.78. The van der Waals surface area contributed by atoms with Gasteiger partial charge in [0.15, 0.2) is 11.5 Å². The number of nitrogens with zero attached hydrogens (tertiary/aromatic N) is 6. The van der Waals surface area contributed by atoms with Crippen LogP contribution in [0.15, 0.2) is 12.1 Å². The first kappa shape index (κ1) is 15.7. The van der Waals surface area contributed by atoms with Gasteiger partial charge in [-0.2, -0.15) is 16.3 Å². The van der Waals surface area contributed by atoms with E-state index < -0.39 is 0 Å². The molecule has 2 aromatic rings. The zero-order valence-corrected chi connectivity index (χ0v) is 14.7. The molecule has 0 atom stereocenters. The fourth-order valence-corrected chi connectivity index (χ4v) is 4.36. The van der Waals surface area contributed by atoms with Gasteiger partial charge in [0.25, 0.3) is 0 Å². The Kier molecular flexibility index (Phi) is 4.30. The number of carbonyl (C=O) groups excluding carboxylic acids is 1. The lowest BCUT2D eigenvalue weighted by Gasteiger charge is -2.35. The van der Waals surface area contributed by atoms with Crippen LogP contribution in [0.3, 0.4) is 0 Å². The third-order valence-electron chi connectivity index (χ3n) is 4.90. The van der Waals surface area contributed by atoms with Gasteiger partial charge in [0.1, 0.15) is 5.82 Å². The number of piperidine rings is 1. The van der Waals surface area contributed by atoms with Crippen molar-refractivity contribution in [2.45, 2.75) is 19.8 Å². The van der Waals surface area contributed by atoms with Crippen LogP contribution in [0, 0.1) is 12.8 Å². The third-order valence-corrected chi connectivity index (χ3v) is 5.84. The number of carbonyl (C=O) groups is 1. The van der Waals surface area contributed by atoms with Crippen molar-refractivity contribution in [3.8, 4) is 0 Å². The molecule has 2 aromatic heterocycles. The molecule has 2 aliphatic rings. The maximum atomic E-state index is 12.6. The van der Waals surface area contributed by atoms with Crippen LogP contribution in [0.4, 0.5) is 5.82 Å². The zero-order valence-electron chi connectivity index (χ0n) is 13.9. The fourth-order valence-electron chi connectivity index (χ4n) is 3.45. The van der Waals surface area contributed by atoms with Gasteiger partial charge in [-0.05, 0) is 31.9 Å². The van der Waals surface area contributed by atoms with Crippen LogP contribution in [-0.4, -0.2) is 68.3 Å². The molecule has 4 heterocycles. The number of aromatic nitrogens is 4. The third kappa shape index (κ3) is 2.94. The van der Waals surface area contributed by atoms with Crippen molar-refractivity contribution in [3.63, 3.8) is 0 Å². The summed E-state index contributed by atoms with van der Waals surface area (Å²) in [7, 11) is 0. The molecule has 2 saturated heterocycles. The summed E-state index contributed by atoms with van der Waals surface area (Å²) in [6.45, 7) is 5.47. The van der Waals surface area contributed by atoms with Crippen molar-refractivity contribution in [2.75, 3.05) is 42.6 Å². The maximum Gasteiger partial charge on any atom is 0.225 e. The molecule has 2 aliphatic heterocycles. The van der Waals surface area contributed by atoms with Crippen LogP contribution in [0.1, 0.15) is 18.7 Å². The van der Waals surface area contributed by atoms with Crippen LogP contribution >= 0.6 is 11.8 Å². The van der Waals surface area contributed by atoms with Crippen LogP contribution < -0.4 is 4.90 Å². The number of anilines is 1. The molecule has 4 rings (SSSR count). The first-order valence-electron chi connectivity index (χ1n) is 8.53. The van der Waals surface area contributed by atoms with Gasteiger partial charge in [-0.25, -0.2) is 0 Å². The molecular formula is C16H22N6OS. The van der Waals surface area contributed by atoms with E-state index in [0.717, 1.165) is 67.8 Å². The first-order valence-corrected chi connectivity index (χ1v) is 9.68. The minimum atomic E-state index is 0.171. The van der Waals surface area contributed by atoms with Crippen molar-refractivity contribution in [2.24, 2.45) is 5.92 Å². The summed E-state index contributed by atoms with van der Waals surface area (Å²) in [6.07, 6.45) is 1.81. The minimum Gasteiger partial charge on any atom is -0.355 e. The quantitative estimate of drug-likeness (QED) is 0.815. The van der Waals surface area contributed by atoms with E-state index in [4.69, 9.17) is 0 Å². The van der Waals surface area contributed by atoms with Crippen molar-refractivity contribution >= 4 is 29.1 Å². The fraction of sp³-hybridized carbons (Fsp3) is 0.625. The van der Waals surface area contributed by atoms with E-state index >= 15 is 0 Å². The molecule has 1 amide bonds. The summed E-state index contributed by atoms with van der Waals surface area (Å²) in [6, 6.07) is 3.94. The highest BCUT2D eigenvalue weighted by molar-refractivity contribution is 7.99. The molecule has 0 radical (unpaired) electrons. The molecule has 0 N–H and O–H groups in total. The van der Waals surface area contributed by atoms with Crippen LogP contribution in [0.25, 0.3) is 5.65 Å². The van der Waals surface area contributed by atoms with E-state index in [1.807, 2.05) is 30.8 Å². The average molecular weight is 346 g/mol. The Bertz CT molecular complexity index is 733. The Morgan fingerprint density at radius 2 is 1.88 bits per heavy atom. The molecule has 128 valence electrons. The van der Waals surface area contributed by atoms with Gasteiger partial charge in [-0.3, -0.25) is 4.79 Å². The number of thioether (sulfide) groups is 1. The number of hydrogen-bond acceptors (Lipinski definition) is 6. The smallest absolute Gasteiger partial charge is 0.225 e. The van der Waals surface area contributed by atoms with E-state index in [0.29, 0.717) is 5.91 Å². The Hall–Kier alpha value is -1.83. The van der Waals surface area contributed by atoms with Gasteiger partial charge in [0, 0.05) is 43.6 Å². The van der Waals surface area contributed by atoms with E-state index in [9.17, 15) is 4.79 Å². The summed E-state index contributed by atoms with van der Waals surface area (Å²) in [5.74, 6) is 4.41. The molecule has 7 nitrogen and oxygen atoms in total. The highest BCUT2D eigenvalue weighted by atomic mass is 32.2. The van der Waals surface area contributed by atoms with Crippen molar-refractivity contribution in [3.05, 3.63) is 18.0 Å². The predicted molar refractivity (Wildman–Crippen MR) is 94.4 cm³/mol. The highest BCUT2D eigenvalue weighted by Crippen LogP contribution is 2.24. The molecule has 0 saturated carbocycles. The second-order valence-corrected chi connectivity index (χ2v) is 7.63. The number of hydrogen-bond donors (Lipinski definition) is 0. The zero-order chi connectivity index (χ0) is 16.5. The molecule has 2 fully saturated rings. The lowest BCUT2D eigenvalue weighted by molar-refractivity contribution is -0.135. The molecule has 8 heteroatoms. The predicted octanol–water partition coefficient (Wildman–Crippen LogP) is 1.22. The molecule has 0 unspecified atom stereocenters. The van der Waals surface area contributed by atoms with Gasteiger partial charge < -0.3 is 9.80 Å².